The van der Waals surface area contributed by atoms with Crippen molar-refractivity contribution >= 4 is 11.8 Å². The maximum absolute atomic E-state index is 13.4. The molecule has 2 amide bonds. The van der Waals surface area contributed by atoms with Gasteiger partial charge in [0.15, 0.2) is 5.69 Å². The Balaban J connectivity index is 1.27. The third-order valence-corrected chi connectivity index (χ3v) is 5.43. The molecular weight excluding hydrogens is 411 g/mol. The van der Waals surface area contributed by atoms with E-state index in [1.165, 1.54) is 18.3 Å². The Kier molecular flexibility index (Phi) is 6.46. The summed E-state index contributed by atoms with van der Waals surface area (Å²) in [5.74, 6) is -1.10. The van der Waals surface area contributed by atoms with Gasteiger partial charge in [-0.05, 0) is 49.2 Å². The number of nitrogens with zero attached hydrogens (tertiary/aromatic N) is 4. The number of amides is 2. The number of carbonyl (C=O) groups is 2. The van der Waals surface area contributed by atoms with E-state index in [1.54, 1.807) is 36.4 Å². The number of pyridine rings is 1. The van der Waals surface area contributed by atoms with Gasteiger partial charge in [0, 0.05) is 37.4 Å². The summed E-state index contributed by atoms with van der Waals surface area (Å²) in [6, 6.07) is 13.0. The van der Waals surface area contributed by atoms with Gasteiger partial charge in [0.25, 0.3) is 11.8 Å². The molecule has 9 heteroatoms. The highest BCUT2D eigenvalue weighted by Gasteiger charge is 2.22. The molecule has 3 N–H and O–H groups in total. The number of primary amides is 1. The second-order valence-corrected chi connectivity index (χ2v) is 7.74. The Morgan fingerprint density at radius 3 is 2.53 bits per heavy atom. The summed E-state index contributed by atoms with van der Waals surface area (Å²) in [5, 5.41) is 10.9. The van der Waals surface area contributed by atoms with Crippen molar-refractivity contribution in [2.75, 3.05) is 13.1 Å². The minimum atomic E-state index is -0.598. The second-order valence-electron chi connectivity index (χ2n) is 7.74. The van der Waals surface area contributed by atoms with Crippen LogP contribution < -0.4 is 11.1 Å². The third-order valence-electron chi connectivity index (χ3n) is 5.43. The Morgan fingerprint density at radius 2 is 1.91 bits per heavy atom. The summed E-state index contributed by atoms with van der Waals surface area (Å²) in [6.07, 6.45) is 3.14. The number of nitrogens with two attached hydrogens (primary N) is 1. The van der Waals surface area contributed by atoms with Crippen molar-refractivity contribution < 1.29 is 14.0 Å². The second kappa shape index (κ2) is 9.61. The Labute approximate surface area is 184 Å². The average Bonchev–Trinajstić information content (AvgIpc) is 2.81. The highest BCUT2D eigenvalue weighted by molar-refractivity contribution is 5.94. The molecule has 1 aliphatic rings. The molecule has 0 saturated carbocycles. The van der Waals surface area contributed by atoms with E-state index in [1.807, 2.05) is 0 Å². The lowest BCUT2D eigenvalue weighted by atomic mass is 10.0. The molecule has 164 valence electrons. The van der Waals surface area contributed by atoms with Crippen LogP contribution in [0.15, 0.2) is 54.7 Å². The summed E-state index contributed by atoms with van der Waals surface area (Å²) >= 11 is 0. The van der Waals surface area contributed by atoms with Crippen LogP contribution in [0.4, 0.5) is 4.39 Å². The average molecular weight is 434 g/mol. The predicted octanol–water partition coefficient (Wildman–Crippen LogP) is 2.17. The first-order chi connectivity index (χ1) is 15.5. The molecule has 0 bridgehead atoms. The van der Waals surface area contributed by atoms with Crippen molar-refractivity contribution in [3.63, 3.8) is 0 Å². The largest absolute Gasteiger partial charge is 0.364 e. The van der Waals surface area contributed by atoms with Gasteiger partial charge in [-0.1, -0.05) is 12.1 Å². The van der Waals surface area contributed by atoms with Gasteiger partial charge in [0.2, 0.25) is 0 Å². The van der Waals surface area contributed by atoms with Gasteiger partial charge < -0.3 is 11.1 Å². The zero-order valence-corrected chi connectivity index (χ0v) is 17.4. The van der Waals surface area contributed by atoms with Crippen LogP contribution in [0, 0.1) is 5.82 Å². The van der Waals surface area contributed by atoms with Gasteiger partial charge in [0.1, 0.15) is 5.82 Å². The number of likely N-dealkylation sites (tertiary alicyclic amines) is 1. The molecule has 8 nitrogen and oxygen atoms in total. The molecule has 3 heterocycles. The van der Waals surface area contributed by atoms with Gasteiger partial charge in [0.05, 0.1) is 17.0 Å². The van der Waals surface area contributed by atoms with Crippen molar-refractivity contribution in [3.8, 4) is 11.3 Å². The molecule has 0 aliphatic carbocycles. The summed E-state index contributed by atoms with van der Waals surface area (Å²) in [5.41, 5.74) is 7.84. The number of benzene rings is 1. The highest BCUT2D eigenvalue weighted by atomic mass is 19.1. The lowest BCUT2D eigenvalue weighted by Crippen LogP contribution is -2.44. The highest BCUT2D eigenvalue weighted by Crippen LogP contribution is 2.18. The fourth-order valence-corrected chi connectivity index (χ4v) is 3.66. The summed E-state index contributed by atoms with van der Waals surface area (Å²) in [7, 11) is 0. The van der Waals surface area contributed by atoms with E-state index < -0.39 is 5.91 Å². The van der Waals surface area contributed by atoms with E-state index in [2.05, 4.69) is 25.4 Å². The molecule has 2 aromatic heterocycles. The van der Waals surface area contributed by atoms with Crippen molar-refractivity contribution in [2.45, 2.75) is 25.4 Å². The molecule has 1 aliphatic heterocycles. The van der Waals surface area contributed by atoms with Gasteiger partial charge in [-0.3, -0.25) is 19.5 Å². The maximum atomic E-state index is 13.4. The third kappa shape index (κ3) is 5.30. The van der Waals surface area contributed by atoms with Crippen LogP contribution in [0.2, 0.25) is 0 Å². The van der Waals surface area contributed by atoms with Crippen molar-refractivity contribution in [3.05, 3.63) is 77.5 Å². The number of rotatable bonds is 6. The van der Waals surface area contributed by atoms with Crippen LogP contribution in [-0.4, -0.2) is 51.0 Å². The molecule has 3 aromatic rings. The molecular formula is C23H23FN6O2. The summed E-state index contributed by atoms with van der Waals surface area (Å²) < 4.78 is 13.4. The molecule has 1 aromatic carbocycles. The lowest BCUT2D eigenvalue weighted by Gasteiger charge is -2.32. The number of carbonyl (C=O) groups excluding carboxylic acids is 2. The first-order valence-electron chi connectivity index (χ1n) is 10.4. The molecule has 32 heavy (non-hydrogen) atoms. The van der Waals surface area contributed by atoms with Gasteiger partial charge in [-0.2, -0.15) is 5.10 Å². The van der Waals surface area contributed by atoms with Gasteiger partial charge >= 0.3 is 0 Å². The molecule has 0 radical (unpaired) electrons. The van der Waals surface area contributed by atoms with Gasteiger partial charge in [-0.25, -0.2) is 4.39 Å². The number of piperidine rings is 1. The Bertz CT molecular complexity index is 1100. The van der Waals surface area contributed by atoms with Crippen LogP contribution in [0.1, 0.15) is 39.4 Å². The molecule has 4 rings (SSSR count). The maximum Gasteiger partial charge on any atom is 0.269 e. The minimum absolute atomic E-state index is 0.0740. The molecule has 1 fully saturated rings. The molecule has 0 atom stereocenters. The van der Waals surface area contributed by atoms with Gasteiger partial charge in [-0.15, -0.1) is 5.10 Å². The normalized spacial score (nSPS) is 14.8. The van der Waals surface area contributed by atoms with E-state index in [-0.39, 0.29) is 23.5 Å². The quantitative estimate of drug-likeness (QED) is 0.615. The van der Waals surface area contributed by atoms with Crippen molar-refractivity contribution in [1.82, 2.24) is 25.4 Å². The van der Waals surface area contributed by atoms with Crippen LogP contribution in [-0.2, 0) is 6.54 Å². The molecule has 0 spiro atoms. The SMILES string of the molecule is NC(=O)c1ccc(CN2CCC(NC(=O)c3ccc(-c4cccc(F)c4)nc3)CC2)nn1. The number of halogens is 1. The monoisotopic (exact) mass is 434 g/mol. The fraction of sp³-hybridized carbons (Fsp3) is 0.261. The first-order valence-corrected chi connectivity index (χ1v) is 10.4. The number of hydrogen-bond donors (Lipinski definition) is 2. The van der Waals surface area contributed by atoms with Crippen LogP contribution in [0.25, 0.3) is 11.3 Å². The predicted molar refractivity (Wildman–Crippen MR) is 116 cm³/mol. The number of nitrogens with one attached hydrogen (secondary N) is 1. The van der Waals surface area contributed by atoms with E-state index in [9.17, 15) is 14.0 Å². The van der Waals surface area contributed by atoms with E-state index in [0.29, 0.717) is 23.4 Å². The minimum Gasteiger partial charge on any atom is -0.364 e. The van der Waals surface area contributed by atoms with Crippen LogP contribution >= 0.6 is 0 Å². The zero-order valence-electron chi connectivity index (χ0n) is 17.4. The Morgan fingerprint density at radius 1 is 1.09 bits per heavy atom. The van der Waals surface area contributed by atoms with E-state index in [4.69, 9.17) is 5.73 Å². The number of aromatic nitrogens is 3. The van der Waals surface area contributed by atoms with Crippen LogP contribution in [0.3, 0.4) is 0 Å². The standard InChI is InChI=1S/C23H23FN6O2/c24-17-3-1-2-15(12-17)20-6-4-16(13-26-20)23(32)27-18-8-10-30(11-9-18)14-19-5-7-21(22(25)31)29-28-19/h1-7,12-13,18H,8-11,14H2,(H2,25,31)(H,27,32). The Hall–Kier alpha value is -3.72. The van der Waals surface area contributed by atoms with Crippen LogP contribution in [0.5, 0.6) is 0 Å². The lowest BCUT2D eigenvalue weighted by molar-refractivity contribution is 0.0907. The topological polar surface area (TPSA) is 114 Å². The number of hydrogen-bond acceptors (Lipinski definition) is 6. The smallest absolute Gasteiger partial charge is 0.269 e. The summed E-state index contributed by atoms with van der Waals surface area (Å²) in [4.78, 5) is 30.2. The molecule has 1 saturated heterocycles. The van der Waals surface area contributed by atoms with Crippen molar-refractivity contribution in [1.29, 1.82) is 0 Å². The summed E-state index contributed by atoms with van der Waals surface area (Å²) in [6.45, 7) is 2.24. The zero-order chi connectivity index (χ0) is 22.5. The van der Waals surface area contributed by atoms with Crippen molar-refractivity contribution in [2.24, 2.45) is 5.73 Å². The van der Waals surface area contributed by atoms with E-state index in [0.717, 1.165) is 31.6 Å². The fourth-order valence-electron chi connectivity index (χ4n) is 3.66. The first kappa shape index (κ1) is 21.5. The molecule has 0 unspecified atom stereocenters. The van der Waals surface area contributed by atoms with E-state index >= 15 is 0 Å².